The number of amides is 3. The van der Waals surface area contributed by atoms with E-state index in [1.54, 1.807) is 0 Å². The van der Waals surface area contributed by atoms with Crippen molar-refractivity contribution in [1.82, 2.24) is 5.32 Å². The molecule has 3 amide bonds. The number of carbonyl (C=O) groups excluding carboxylic acids is 2. The number of benzene rings is 1. The summed E-state index contributed by atoms with van der Waals surface area (Å²) in [6.07, 6.45) is 0. The number of hydrogen-bond acceptors (Lipinski definition) is 2. The normalized spacial score (nSPS) is 19.6. The molecular formula is C12H12ClFN2O2. The Bertz CT molecular complexity index is 519. The summed E-state index contributed by atoms with van der Waals surface area (Å²) < 4.78 is 13.2. The lowest BCUT2D eigenvalue weighted by molar-refractivity contribution is -0.119. The number of nitrogens with one attached hydrogen (secondary N) is 1. The molecule has 0 aliphatic carbocycles. The van der Waals surface area contributed by atoms with Crippen LogP contribution in [0.1, 0.15) is 13.8 Å². The lowest BCUT2D eigenvalue weighted by atomic mass is 10.0. The summed E-state index contributed by atoms with van der Waals surface area (Å²) in [5.41, 5.74) is 0.0716. The molecule has 0 radical (unpaired) electrons. The van der Waals surface area contributed by atoms with Gasteiger partial charge in [-0.15, -0.1) is 0 Å². The maximum Gasteiger partial charge on any atom is 0.329 e. The number of carbonyl (C=O) groups is 2. The Kier molecular flexibility index (Phi) is 3.26. The molecular weight excluding hydrogens is 259 g/mol. The van der Waals surface area contributed by atoms with Gasteiger partial charge in [0.25, 0.3) is 5.91 Å². The average molecular weight is 271 g/mol. The summed E-state index contributed by atoms with van der Waals surface area (Å²) in [6, 6.07) is 2.38. The first kappa shape index (κ1) is 12.8. The van der Waals surface area contributed by atoms with Gasteiger partial charge < -0.3 is 5.32 Å². The number of hydrogen-bond donors (Lipinski definition) is 1. The zero-order valence-electron chi connectivity index (χ0n) is 9.91. The molecule has 1 N–H and O–H groups in total. The highest BCUT2D eigenvalue weighted by molar-refractivity contribution is 6.35. The molecule has 4 nitrogen and oxygen atoms in total. The first-order valence-corrected chi connectivity index (χ1v) is 5.89. The Hall–Kier alpha value is -1.62. The van der Waals surface area contributed by atoms with Gasteiger partial charge in [-0.3, -0.25) is 4.79 Å². The molecule has 0 bridgehead atoms. The van der Waals surface area contributed by atoms with E-state index >= 15 is 0 Å². The second kappa shape index (κ2) is 4.57. The third kappa shape index (κ3) is 2.06. The summed E-state index contributed by atoms with van der Waals surface area (Å²) >= 11 is 5.89. The topological polar surface area (TPSA) is 49.4 Å². The van der Waals surface area contributed by atoms with E-state index in [4.69, 9.17) is 11.6 Å². The molecule has 1 aromatic rings. The van der Waals surface area contributed by atoms with Gasteiger partial charge in [-0.05, 0) is 24.1 Å². The minimum Gasteiger partial charge on any atom is -0.325 e. The van der Waals surface area contributed by atoms with Crippen LogP contribution in [-0.2, 0) is 4.79 Å². The molecule has 1 aliphatic rings. The number of nitrogens with zero attached hydrogens (tertiary/aromatic N) is 1. The fraction of sp³-hybridized carbons (Fsp3) is 0.333. The zero-order chi connectivity index (χ0) is 13.4. The van der Waals surface area contributed by atoms with E-state index < -0.39 is 23.8 Å². The third-order valence-corrected chi connectivity index (χ3v) is 3.10. The smallest absolute Gasteiger partial charge is 0.325 e. The molecule has 0 aromatic heterocycles. The van der Waals surface area contributed by atoms with Gasteiger partial charge in [0.15, 0.2) is 0 Å². The lowest BCUT2D eigenvalue weighted by Gasteiger charge is -2.15. The van der Waals surface area contributed by atoms with Gasteiger partial charge in [-0.25, -0.2) is 14.1 Å². The molecule has 1 aliphatic heterocycles. The van der Waals surface area contributed by atoms with Crippen LogP contribution < -0.4 is 10.2 Å². The zero-order valence-corrected chi connectivity index (χ0v) is 10.7. The fourth-order valence-electron chi connectivity index (χ4n) is 1.84. The molecule has 1 heterocycles. The SMILES string of the molecule is CC(C)C1NC(=O)N(c2cc(F)ccc2Cl)C1=O. The Morgan fingerprint density at radius 3 is 2.61 bits per heavy atom. The quantitative estimate of drug-likeness (QED) is 0.840. The van der Waals surface area contributed by atoms with E-state index in [1.807, 2.05) is 13.8 Å². The van der Waals surface area contributed by atoms with Crippen LogP contribution in [0.5, 0.6) is 0 Å². The van der Waals surface area contributed by atoms with Gasteiger partial charge >= 0.3 is 6.03 Å². The van der Waals surface area contributed by atoms with Crippen LogP contribution in [0.25, 0.3) is 0 Å². The standard InChI is InChI=1S/C12H12ClFN2O2/c1-6(2)10-11(17)16(12(18)15-10)9-5-7(14)3-4-8(9)13/h3-6,10H,1-2H3,(H,15,18). The van der Waals surface area contributed by atoms with Gasteiger partial charge in [0.2, 0.25) is 0 Å². The number of rotatable bonds is 2. The fourth-order valence-corrected chi connectivity index (χ4v) is 2.04. The second-order valence-corrected chi connectivity index (χ2v) is 4.85. The molecule has 0 saturated carbocycles. The van der Waals surface area contributed by atoms with Gasteiger partial charge in [0.1, 0.15) is 11.9 Å². The minimum absolute atomic E-state index is 0.0428. The van der Waals surface area contributed by atoms with Crippen LogP contribution in [0.15, 0.2) is 18.2 Å². The molecule has 0 spiro atoms. The largest absolute Gasteiger partial charge is 0.329 e. The van der Waals surface area contributed by atoms with Crippen molar-refractivity contribution in [3.05, 3.63) is 29.0 Å². The first-order chi connectivity index (χ1) is 8.41. The first-order valence-electron chi connectivity index (χ1n) is 5.51. The Balaban J connectivity index is 2.42. The Morgan fingerprint density at radius 2 is 2.06 bits per heavy atom. The molecule has 1 saturated heterocycles. The van der Waals surface area contributed by atoms with Crippen molar-refractivity contribution in [1.29, 1.82) is 0 Å². The van der Waals surface area contributed by atoms with Crippen LogP contribution >= 0.6 is 11.6 Å². The molecule has 96 valence electrons. The molecule has 1 fully saturated rings. The highest BCUT2D eigenvalue weighted by Gasteiger charge is 2.41. The highest BCUT2D eigenvalue weighted by atomic mass is 35.5. The lowest BCUT2D eigenvalue weighted by Crippen LogP contribution is -2.34. The van der Waals surface area contributed by atoms with E-state index in [0.29, 0.717) is 0 Å². The summed E-state index contributed by atoms with van der Waals surface area (Å²) in [6.45, 7) is 3.64. The van der Waals surface area contributed by atoms with Crippen molar-refractivity contribution < 1.29 is 14.0 Å². The molecule has 18 heavy (non-hydrogen) atoms. The monoisotopic (exact) mass is 270 g/mol. The maximum atomic E-state index is 13.2. The molecule has 2 rings (SSSR count). The van der Waals surface area contributed by atoms with Crippen molar-refractivity contribution in [3.8, 4) is 0 Å². The summed E-state index contributed by atoms with van der Waals surface area (Å²) in [7, 11) is 0. The van der Waals surface area contributed by atoms with Crippen molar-refractivity contribution in [2.45, 2.75) is 19.9 Å². The van der Waals surface area contributed by atoms with Crippen LogP contribution in [-0.4, -0.2) is 18.0 Å². The van der Waals surface area contributed by atoms with Gasteiger partial charge in [-0.2, -0.15) is 0 Å². The summed E-state index contributed by atoms with van der Waals surface area (Å²) in [5.74, 6) is -1.01. The van der Waals surface area contributed by atoms with Crippen LogP contribution in [0, 0.1) is 11.7 Å². The van der Waals surface area contributed by atoms with Crippen molar-refractivity contribution in [2.75, 3.05) is 4.90 Å². The van der Waals surface area contributed by atoms with Crippen LogP contribution in [0.4, 0.5) is 14.9 Å². The van der Waals surface area contributed by atoms with E-state index in [2.05, 4.69) is 5.32 Å². The number of halogens is 2. The van der Waals surface area contributed by atoms with E-state index in [9.17, 15) is 14.0 Å². The maximum absolute atomic E-state index is 13.2. The predicted molar refractivity (Wildman–Crippen MR) is 66.1 cm³/mol. The predicted octanol–water partition coefficient (Wildman–Crippen LogP) is 2.56. The Morgan fingerprint density at radius 1 is 1.39 bits per heavy atom. The number of urea groups is 1. The second-order valence-electron chi connectivity index (χ2n) is 4.44. The average Bonchev–Trinajstić information content (AvgIpc) is 2.58. The van der Waals surface area contributed by atoms with Crippen molar-refractivity contribution in [3.63, 3.8) is 0 Å². The molecule has 1 aromatic carbocycles. The van der Waals surface area contributed by atoms with Crippen LogP contribution in [0.3, 0.4) is 0 Å². The highest BCUT2D eigenvalue weighted by Crippen LogP contribution is 2.30. The van der Waals surface area contributed by atoms with Crippen molar-refractivity contribution in [2.24, 2.45) is 5.92 Å². The van der Waals surface area contributed by atoms with E-state index in [-0.39, 0.29) is 16.6 Å². The van der Waals surface area contributed by atoms with E-state index in [1.165, 1.54) is 12.1 Å². The summed E-state index contributed by atoms with van der Waals surface area (Å²) in [4.78, 5) is 24.7. The molecule has 1 unspecified atom stereocenters. The number of imide groups is 1. The van der Waals surface area contributed by atoms with Crippen LogP contribution in [0.2, 0.25) is 5.02 Å². The Labute approximate surface area is 109 Å². The van der Waals surface area contributed by atoms with E-state index in [0.717, 1.165) is 11.0 Å². The van der Waals surface area contributed by atoms with Gasteiger partial charge in [0, 0.05) is 0 Å². The van der Waals surface area contributed by atoms with Gasteiger partial charge in [0.05, 0.1) is 10.7 Å². The third-order valence-electron chi connectivity index (χ3n) is 2.78. The number of anilines is 1. The molecule has 1 atom stereocenters. The summed E-state index contributed by atoms with van der Waals surface area (Å²) in [5, 5.41) is 2.71. The minimum atomic E-state index is -0.600. The van der Waals surface area contributed by atoms with Gasteiger partial charge in [-0.1, -0.05) is 25.4 Å². The van der Waals surface area contributed by atoms with Crippen molar-refractivity contribution >= 4 is 29.2 Å². The molecule has 6 heteroatoms.